The van der Waals surface area contributed by atoms with E-state index in [1.54, 1.807) is 36.3 Å². The molecule has 0 saturated carbocycles. The summed E-state index contributed by atoms with van der Waals surface area (Å²) in [7, 11) is 1.59. The normalized spacial score (nSPS) is 10.3. The zero-order valence-electron chi connectivity index (χ0n) is 11.3. The van der Waals surface area contributed by atoms with Crippen LogP contribution in [0, 0.1) is 0 Å². The highest BCUT2D eigenvalue weighted by Gasteiger charge is 2.17. The minimum absolute atomic E-state index is 0.270. The Kier molecular flexibility index (Phi) is 3.42. The van der Waals surface area contributed by atoms with Gasteiger partial charge in [0.2, 0.25) is 0 Å². The number of hydrogen-bond acceptors (Lipinski definition) is 5. The summed E-state index contributed by atoms with van der Waals surface area (Å²) in [5.41, 5.74) is 2.40. The van der Waals surface area contributed by atoms with Gasteiger partial charge in [0.15, 0.2) is 12.0 Å². The summed E-state index contributed by atoms with van der Waals surface area (Å²) in [6.45, 7) is 0. The predicted molar refractivity (Wildman–Crippen MR) is 76.5 cm³/mol. The van der Waals surface area contributed by atoms with Crippen molar-refractivity contribution in [2.24, 2.45) is 0 Å². The van der Waals surface area contributed by atoms with E-state index >= 15 is 0 Å². The number of carbonyl (C=O) groups excluding carboxylic acids is 1. The zero-order chi connectivity index (χ0) is 14.7. The number of aromatic nitrogens is 4. The van der Waals surface area contributed by atoms with E-state index in [9.17, 15) is 4.79 Å². The van der Waals surface area contributed by atoms with Crippen molar-refractivity contribution in [3.05, 3.63) is 54.5 Å². The van der Waals surface area contributed by atoms with Crippen LogP contribution in [0.4, 0.5) is 0 Å². The molecule has 3 rings (SSSR count). The van der Waals surface area contributed by atoms with E-state index in [0.29, 0.717) is 23.4 Å². The summed E-state index contributed by atoms with van der Waals surface area (Å²) >= 11 is 0. The Morgan fingerprint density at radius 2 is 1.90 bits per heavy atom. The maximum absolute atomic E-state index is 11.2. The van der Waals surface area contributed by atoms with Crippen LogP contribution in [-0.2, 0) is 0 Å². The molecule has 0 aliphatic rings. The smallest absolute Gasteiger partial charge is 0.172 e. The molecule has 0 bridgehead atoms. The highest BCUT2D eigenvalue weighted by Crippen LogP contribution is 2.28. The lowest BCUT2D eigenvalue weighted by Gasteiger charge is -2.10. The summed E-state index contributed by atoms with van der Waals surface area (Å²) in [6.07, 6.45) is 4.00. The first-order chi connectivity index (χ1) is 10.3. The van der Waals surface area contributed by atoms with E-state index in [-0.39, 0.29) is 5.69 Å². The Labute approximate surface area is 121 Å². The Balaban J connectivity index is 2.25. The number of ether oxygens (including phenoxy) is 1. The van der Waals surface area contributed by atoms with Gasteiger partial charge in [-0.25, -0.2) is 4.68 Å². The first kappa shape index (κ1) is 13.0. The molecule has 2 aromatic heterocycles. The van der Waals surface area contributed by atoms with E-state index < -0.39 is 0 Å². The molecule has 1 aromatic carbocycles. The number of rotatable bonds is 4. The van der Waals surface area contributed by atoms with E-state index in [1.807, 2.05) is 24.3 Å². The molecule has 0 amide bonds. The molecule has 0 aliphatic carbocycles. The van der Waals surface area contributed by atoms with Gasteiger partial charge in [0.05, 0.1) is 7.11 Å². The van der Waals surface area contributed by atoms with Gasteiger partial charge in [-0.1, -0.05) is 17.3 Å². The van der Waals surface area contributed by atoms with Gasteiger partial charge in [-0.2, -0.15) is 0 Å². The van der Waals surface area contributed by atoms with E-state index in [2.05, 4.69) is 15.3 Å². The van der Waals surface area contributed by atoms with Crippen LogP contribution in [0.3, 0.4) is 0 Å². The van der Waals surface area contributed by atoms with Gasteiger partial charge in [0, 0.05) is 18.0 Å². The van der Waals surface area contributed by atoms with Crippen LogP contribution in [0.2, 0.25) is 0 Å². The van der Waals surface area contributed by atoms with Crippen LogP contribution in [0.15, 0.2) is 48.8 Å². The summed E-state index contributed by atoms with van der Waals surface area (Å²) in [4.78, 5) is 15.2. The Bertz CT molecular complexity index is 768. The van der Waals surface area contributed by atoms with E-state index in [4.69, 9.17) is 4.74 Å². The fourth-order valence-corrected chi connectivity index (χ4v) is 2.13. The molecule has 0 radical (unpaired) electrons. The molecule has 2 heterocycles. The van der Waals surface area contributed by atoms with Crippen molar-refractivity contribution in [2.75, 3.05) is 7.11 Å². The van der Waals surface area contributed by atoms with Gasteiger partial charge in [0.1, 0.15) is 17.1 Å². The van der Waals surface area contributed by atoms with Crippen LogP contribution in [0.1, 0.15) is 10.5 Å². The highest BCUT2D eigenvalue weighted by molar-refractivity contribution is 5.84. The second-order valence-electron chi connectivity index (χ2n) is 4.26. The third kappa shape index (κ3) is 2.27. The number of methoxy groups -OCH3 is 1. The van der Waals surface area contributed by atoms with E-state index in [1.165, 1.54) is 0 Å². The van der Waals surface area contributed by atoms with Crippen molar-refractivity contribution in [3.8, 4) is 22.7 Å². The first-order valence-corrected chi connectivity index (χ1v) is 6.30. The fourth-order valence-electron chi connectivity index (χ4n) is 2.13. The molecule has 21 heavy (non-hydrogen) atoms. The predicted octanol–water partition coefficient (Wildman–Crippen LogP) is 2.15. The van der Waals surface area contributed by atoms with Crippen molar-refractivity contribution in [1.82, 2.24) is 20.0 Å². The Morgan fingerprint density at radius 1 is 1.14 bits per heavy atom. The third-order valence-corrected chi connectivity index (χ3v) is 3.08. The lowest BCUT2D eigenvalue weighted by atomic mass is 10.1. The lowest BCUT2D eigenvalue weighted by molar-refractivity contribution is 0.111. The van der Waals surface area contributed by atoms with Gasteiger partial charge in [-0.3, -0.25) is 9.78 Å². The number of pyridine rings is 1. The molecule has 0 unspecified atom stereocenters. The van der Waals surface area contributed by atoms with Crippen LogP contribution in [0.25, 0.3) is 16.9 Å². The lowest BCUT2D eigenvalue weighted by Crippen LogP contribution is -2.02. The van der Waals surface area contributed by atoms with Crippen molar-refractivity contribution in [1.29, 1.82) is 0 Å². The summed E-state index contributed by atoms with van der Waals surface area (Å²) in [5, 5.41) is 8.01. The van der Waals surface area contributed by atoms with Crippen LogP contribution >= 0.6 is 0 Å². The number of hydrogen-bond donors (Lipinski definition) is 0. The van der Waals surface area contributed by atoms with Crippen molar-refractivity contribution in [2.45, 2.75) is 0 Å². The Morgan fingerprint density at radius 3 is 2.62 bits per heavy atom. The largest absolute Gasteiger partial charge is 0.494 e. The average Bonchev–Trinajstić information content (AvgIpc) is 2.99. The summed E-state index contributed by atoms with van der Waals surface area (Å²) in [6, 6.07) is 11.0. The minimum Gasteiger partial charge on any atom is -0.494 e. The number of nitrogens with zero attached hydrogens (tertiary/aromatic N) is 4. The summed E-state index contributed by atoms with van der Waals surface area (Å²) in [5.74, 6) is 0.648. The summed E-state index contributed by atoms with van der Waals surface area (Å²) < 4.78 is 6.94. The van der Waals surface area contributed by atoms with Gasteiger partial charge >= 0.3 is 0 Å². The van der Waals surface area contributed by atoms with Crippen molar-refractivity contribution < 1.29 is 9.53 Å². The maximum atomic E-state index is 11.2. The molecule has 0 aliphatic heterocycles. The third-order valence-electron chi connectivity index (χ3n) is 3.08. The molecule has 0 saturated heterocycles. The quantitative estimate of drug-likeness (QED) is 0.685. The van der Waals surface area contributed by atoms with Gasteiger partial charge in [-0.05, 0) is 24.3 Å². The van der Waals surface area contributed by atoms with Gasteiger partial charge in [-0.15, -0.1) is 5.10 Å². The van der Waals surface area contributed by atoms with Crippen LogP contribution < -0.4 is 4.74 Å². The Hall–Kier alpha value is -3.02. The maximum Gasteiger partial charge on any atom is 0.172 e. The average molecular weight is 280 g/mol. The highest BCUT2D eigenvalue weighted by atomic mass is 16.5. The number of aldehydes is 1. The molecule has 6 heteroatoms. The minimum atomic E-state index is 0.270. The van der Waals surface area contributed by atoms with Crippen LogP contribution in [0.5, 0.6) is 5.75 Å². The topological polar surface area (TPSA) is 69.9 Å². The van der Waals surface area contributed by atoms with Crippen molar-refractivity contribution in [3.63, 3.8) is 0 Å². The second-order valence-corrected chi connectivity index (χ2v) is 4.26. The van der Waals surface area contributed by atoms with E-state index in [0.717, 1.165) is 5.56 Å². The first-order valence-electron chi connectivity index (χ1n) is 6.30. The molecule has 0 atom stereocenters. The van der Waals surface area contributed by atoms with Crippen molar-refractivity contribution >= 4 is 6.29 Å². The standard InChI is InChI=1S/C15H12N4O2/c1-21-14-5-3-2-4-13(14)19-15(12(10-20)17-18-19)11-6-8-16-9-7-11/h2-10H,1H3. The molecule has 0 spiro atoms. The van der Waals surface area contributed by atoms with Gasteiger partial charge in [0.25, 0.3) is 0 Å². The SMILES string of the molecule is COc1ccccc1-n1nnc(C=O)c1-c1ccncc1. The second kappa shape index (κ2) is 5.54. The molecule has 0 fully saturated rings. The van der Waals surface area contributed by atoms with Crippen LogP contribution in [-0.4, -0.2) is 33.4 Å². The molecular weight excluding hydrogens is 268 g/mol. The molecule has 104 valence electrons. The molecule has 3 aromatic rings. The monoisotopic (exact) mass is 280 g/mol. The number of carbonyl (C=O) groups is 1. The number of benzene rings is 1. The molecule has 6 nitrogen and oxygen atoms in total. The fraction of sp³-hybridized carbons (Fsp3) is 0.0667. The number of para-hydroxylation sites is 2. The molecule has 0 N–H and O–H groups in total. The van der Waals surface area contributed by atoms with Gasteiger partial charge < -0.3 is 4.74 Å². The molecular formula is C15H12N4O2. The zero-order valence-corrected chi connectivity index (χ0v) is 11.3.